The van der Waals surface area contributed by atoms with E-state index in [-0.39, 0.29) is 12.0 Å². The van der Waals surface area contributed by atoms with Crippen LogP contribution in [0.3, 0.4) is 0 Å². The highest BCUT2D eigenvalue weighted by atomic mass is 19.1. The standard InChI is InChI=1S/C9H9F2NO3/c1-5(13)2-6-3-8(11)9(12(14)15)4-7(6)10/h3-5,13H,2H2,1H3/t5-/m0/s1. The summed E-state index contributed by atoms with van der Waals surface area (Å²) < 4.78 is 26.2. The smallest absolute Gasteiger partial charge is 0.307 e. The van der Waals surface area contributed by atoms with E-state index in [1.807, 2.05) is 0 Å². The summed E-state index contributed by atoms with van der Waals surface area (Å²) in [7, 11) is 0. The van der Waals surface area contributed by atoms with E-state index in [4.69, 9.17) is 5.11 Å². The van der Waals surface area contributed by atoms with E-state index in [1.165, 1.54) is 6.92 Å². The van der Waals surface area contributed by atoms with E-state index in [0.29, 0.717) is 6.07 Å². The molecule has 0 unspecified atom stereocenters. The van der Waals surface area contributed by atoms with Crippen LogP contribution < -0.4 is 0 Å². The molecule has 82 valence electrons. The summed E-state index contributed by atoms with van der Waals surface area (Å²) >= 11 is 0. The topological polar surface area (TPSA) is 63.4 Å². The molecule has 0 saturated carbocycles. The van der Waals surface area contributed by atoms with Crippen LogP contribution in [0.15, 0.2) is 12.1 Å². The Hall–Kier alpha value is -1.56. The largest absolute Gasteiger partial charge is 0.393 e. The van der Waals surface area contributed by atoms with E-state index < -0.39 is 28.3 Å². The zero-order valence-electron chi connectivity index (χ0n) is 7.91. The maximum Gasteiger partial charge on any atom is 0.307 e. The number of aliphatic hydroxyl groups is 1. The van der Waals surface area contributed by atoms with Crippen molar-refractivity contribution in [3.8, 4) is 0 Å². The third-order valence-corrected chi connectivity index (χ3v) is 1.83. The first kappa shape index (κ1) is 11.5. The van der Waals surface area contributed by atoms with Gasteiger partial charge in [0.05, 0.1) is 17.1 Å². The molecule has 1 atom stereocenters. The van der Waals surface area contributed by atoms with Gasteiger partial charge in [-0.2, -0.15) is 4.39 Å². The molecule has 0 aliphatic heterocycles. The lowest BCUT2D eigenvalue weighted by Gasteiger charge is -2.05. The highest BCUT2D eigenvalue weighted by Gasteiger charge is 2.18. The van der Waals surface area contributed by atoms with E-state index in [1.54, 1.807) is 0 Å². The second-order valence-corrected chi connectivity index (χ2v) is 3.21. The molecule has 15 heavy (non-hydrogen) atoms. The van der Waals surface area contributed by atoms with Crippen LogP contribution in [0.4, 0.5) is 14.5 Å². The highest BCUT2D eigenvalue weighted by molar-refractivity contribution is 5.36. The van der Waals surface area contributed by atoms with Crippen LogP contribution in [0, 0.1) is 21.7 Å². The average molecular weight is 217 g/mol. The van der Waals surface area contributed by atoms with Gasteiger partial charge in [-0.15, -0.1) is 0 Å². The summed E-state index contributed by atoms with van der Waals surface area (Å²) in [6.07, 6.45) is -0.916. The van der Waals surface area contributed by atoms with E-state index in [0.717, 1.165) is 6.07 Å². The fourth-order valence-electron chi connectivity index (χ4n) is 1.19. The molecule has 0 fully saturated rings. The van der Waals surface area contributed by atoms with Gasteiger partial charge in [-0.3, -0.25) is 10.1 Å². The molecule has 0 amide bonds. The van der Waals surface area contributed by atoms with Gasteiger partial charge in [0.15, 0.2) is 0 Å². The first-order valence-electron chi connectivity index (χ1n) is 4.22. The molecule has 0 spiro atoms. The van der Waals surface area contributed by atoms with Crippen molar-refractivity contribution in [1.82, 2.24) is 0 Å². The van der Waals surface area contributed by atoms with Crippen molar-refractivity contribution in [2.24, 2.45) is 0 Å². The monoisotopic (exact) mass is 217 g/mol. The molecule has 6 heteroatoms. The van der Waals surface area contributed by atoms with E-state index in [2.05, 4.69) is 0 Å². The van der Waals surface area contributed by atoms with Crippen molar-refractivity contribution >= 4 is 5.69 Å². The van der Waals surface area contributed by atoms with Gasteiger partial charge in [-0.25, -0.2) is 4.39 Å². The van der Waals surface area contributed by atoms with Crippen molar-refractivity contribution < 1.29 is 18.8 Å². The molecule has 0 aliphatic rings. The predicted octanol–water partition coefficient (Wildman–Crippen LogP) is 1.80. The van der Waals surface area contributed by atoms with Gasteiger partial charge >= 0.3 is 5.69 Å². The van der Waals surface area contributed by atoms with Crippen molar-refractivity contribution in [2.45, 2.75) is 19.4 Å². The van der Waals surface area contributed by atoms with Gasteiger partial charge in [-0.1, -0.05) is 0 Å². The lowest BCUT2D eigenvalue weighted by molar-refractivity contribution is -0.387. The molecule has 4 nitrogen and oxygen atoms in total. The lowest BCUT2D eigenvalue weighted by Crippen LogP contribution is -2.07. The van der Waals surface area contributed by atoms with Crippen molar-refractivity contribution in [3.05, 3.63) is 39.4 Å². The van der Waals surface area contributed by atoms with Crippen LogP contribution in [0.5, 0.6) is 0 Å². The molecule has 1 aromatic rings. The molecular weight excluding hydrogens is 208 g/mol. The molecule has 1 rings (SSSR count). The number of halogens is 2. The van der Waals surface area contributed by atoms with Crippen LogP contribution in [-0.4, -0.2) is 16.1 Å². The third-order valence-electron chi connectivity index (χ3n) is 1.83. The zero-order valence-corrected chi connectivity index (χ0v) is 7.91. The molecule has 1 N–H and O–H groups in total. The molecule has 0 aliphatic carbocycles. The maximum absolute atomic E-state index is 13.2. The summed E-state index contributed by atoms with van der Waals surface area (Å²) in [6.45, 7) is 1.42. The quantitative estimate of drug-likeness (QED) is 0.620. The lowest BCUT2D eigenvalue weighted by atomic mass is 10.1. The van der Waals surface area contributed by atoms with Crippen molar-refractivity contribution in [3.63, 3.8) is 0 Å². The number of benzene rings is 1. The average Bonchev–Trinajstić information content (AvgIpc) is 2.09. The number of nitrogens with zero attached hydrogens (tertiary/aromatic N) is 1. The summed E-state index contributed by atoms with van der Waals surface area (Å²) in [4.78, 5) is 9.26. The Balaban J connectivity index is 3.13. The van der Waals surface area contributed by atoms with Crippen LogP contribution in [-0.2, 0) is 6.42 Å². The molecule has 0 saturated heterocycles. The minimum Gasteiger partial charge on any atom is -0.393 e. The minimum atomic E-state index is -1.10. The van der Waals surface area contributed by atoms with Crippen molar-refractivity contribution in [1.29, 1.82) is 0 Å². The second-order valence-electron chi connectivity index (χ2n) is 3.21. The first-order chi connectivity index (χ1) is 6.91. The Morgan fingerprint density at radius 2 is 2.07 bits per heavy atom. The molecule has 0 radical (unpaired) electrons. The molecule has 0 aromatic heterocycles. The number of rotatable bonds is 3. The van der Waals surface area contributed by atoms with Crippen LogP contribution in [0.1, 0.15) is 12.5 Å². The van der Waals surface area contributed by atoms with Gasteiger partial charge in [0, 0.05) is 6.42 Å². The van der Waals surface area contributed by atoms with Crippen molar-refractivity contribution in [2.75, 3.05) is 0 Å². The number of aliphatic hydroxyl groups excluding tert-OH is 1. The normalized spacial score (nSPS) is 12.5. The van der Waals surface area contributed by atoms with Crippen LogP contribution in [0.25, 0.3) is 0 Å². The molecule has 0 heterocycles. The van der Waals surface area contributed by atoms with Gasteiger partial charge in [0.25, 0.3) is 0 Å². The summed E-state index contributed by atoms with van der Waals surface area (Å²) in [6, 6.07) is 1.26. The van der Waals surface area contributed by atoms with E-state index >= 15 is 0 Å². The van der Waals surface area contributed by atoms with E-state index in [9.17, 15) is 18.9 Å². The maximum atomic E-state index is 13.2. The SMILES string of the molecule is C[C@H](O)Cc1cc(F)c([N+](=O)[O-])cc1F. The van der Waals surface area contributed by atoms with Crippen LogP contribution >= 0.6 is 0 Å². The Morgan fingerprint density at radius 3 is 2.53 bits per heavy atom. The Bertz CT molecular complexity index is 393. The van der Waals surface area contributed by atoms with Gasteiger partial charge in [-0.05, 0) is 18.6 Å². The molecule has 1 aromatic carbocycles. The predicted molar refractivity (Wildman–Crippen MR) is 48.4 cm³/mol. The number of nitro benzene ring substituents is 1. The van der Waals surface area contributed by atoms with Gasteiger partial charge in [0.1, 0.15) is 5.82 Å². The van der Waals surface area contributed by atoms with Gasteiger partial charge in [0.2, 0.25) is 5.82 Å². The number of hydrogen-bond donors (Lipinski definition) is 1. The Morgan fingerprint density at radius 1 is 1.47 bits per heavy atom. The third kappa shape index (κ3) is 2.69. The summed E-state index contributed by atoms with van der Waals surface area (Å²) in [5.74, 6) is -1.99. The fourth-order valence-corrected chi connectivity index (χ4v) is 1.19. The van der Waals surface area contributed by atoms with Crippen LogP contribution in [0.2, 0.25) is 0 Å². The van der Waals surface area contributed by atoms with Gasteiger partial charge < -0.3 is 5.11 Å². The summed E-state index contributed by atoms with van der Waals surface area (Å²) in [5.41, 5.74) is -0.977. The summed E-state index contributed by atoms with van der Waals surface area (Å²) in [5, 5.41) is 19.2. The first-order valence-corrected chi connectivity index (χ1v) is 4.22. The Kier molecular flexibility index (Phi) is 3.31. The fraction of sp³-hybridized carbons (Fsp3) is 0.333. The molecular formula is C9H9F2NO3. The molecule has 0 bridgehead atoms. The minimum absolute atomic E-state index is 0.0758. The zero-order chi connectivity index (χ0) is 11.6. The Labute approximate surface area is 84.3 Å². The number of hydrogen-bond acceptors (Lipinski definition) is 3. The number of nitro groups is 1. The highest BCUT2D eigenvalue weighted by Crippen LogP contribution is 2.22. The second kappa shape index (κ2) is 4.31.